The molecule has 0 saturated carbocycles. The molecule has 0 fully saturated rings. The molecule has 0 atom stereocenters. The second-order valence-corrected chi connectivity index (χ2v) is 4.65. The van der Waals surface area contributed by atoms with Crippen molar-refractivity contribution in [1.82, 2.24) is 5.48 Å². The van der Waals surface area contributed by atoms with Gasteiger partial charge in [0.05, 0.1) is 0 Å². The number of carbonyl (C=O) groups excluding carboxylic acids is 2. The molecule has 1 aromatic carbocycles. The maximum atomic E-state index is 11.7. The second-order valence-electron chi connectivity index (χ2n) is 4.65. The van der Waals surface area contributed by atoms with Crippen molar-refractivity contribution in [3.63, 3.8) is 0 Å². The molecule has 2 N–H and O–H groups in total. The summed E-state index contributed by atoms with van der Waals surface area (Å²) in [4.78, 5) is 22.4. The third kappa shape index (κ3) is 8.43. The van der Waals surface area contributed by atoms with Crippen molar-refractivity contribution in [3.05, 3.63) is 35.9 Å². The van der Waals surface area contributed by atoms with Gasteiger partial charge in [-0.2, -0.15) is 0 Å². The van der Waals surface area contributed by atoms with Gasteiger partial charge in [0, 0.05) is 19.3 Å². The van der Waals surface area contributed by atoms with E-state index >= 15 is 0 Å². The lowest BCUT2D eigenvalue weighted by molar-refractivity contribution is -0.129. The van der Waals surface area contributed by atoms with Gasteiger partial charge in [0.15, 0.2) is 0 Å². The smallest absolute Gasteiger partial charge is 0.243 e. The molecule has 0 bridgehead atoms. The highest BCUT2D eigenvalue weighted by molar-refractivity contribution is 5.80. The molecule has 0 aliphatic carbocycles. The fraction of sp³-hybridized carbons (Fsp3) is 0.500. The first-order valence-electron chi connectivity index (χ1n) is 6.71. The van der Waals surface area contributed by atoms with E-state index in [1.165, 1.54) is 0 Å². The van der Waals surface area contributed by atoms with Gasteiger partial charge in [0.2, 0.25) is 5.91 Å². The minimum absolute atomic E-state index is 0. The molecule has 0 aliphatic rings. The first kappa shape index (κ1) is 18.3. The van der Waals surface area contributed by atoms with E-state index in [9.17, 15) is 9.59 Å². The number of carbonyl (C=O) groups is 2. The molecule has 4 nitrogen and oxygen atoms in total. The zero-order valence-corrected chi connectivity index (χ0v) is 11.1. The number of Topliss-reactive ketones (excluding diaryl/α,β-unsaturated/α-hetero) is 1. The third-order valence-electron chi connectivity index (χ3n) is 2.98. The van der Waals surface area contributed by atoms with Crippen LogP contribution < -0.4 is 5.48 Å². The van der Waals surface area contributed by atoms with Gasteiger partial charge in [-0.3, -0.25) is 14.8 Å². The van der Waals surface area contributed by atoms with Gasteiger partial charge in [0.25, 0.3) is 0 Å². The van der Waals surface area contributed by atoms with Gasteiger partial charge < -0.3 is 0 Å². The van der Waals surface area contributed by atoms with Crippen LogP contribution in [0.4, 0.5) is 0 Å². The number of amides is 1. The summed E-state index contributed by atoms with van der Waals surface area (Å²) in [5.41, 5.74) is 2.67. The molecule has 0 radical (unpaired) electrons. The van der Waals surface area contributed by atoms with Crippen LogP contribution in [-0.4, -0.2) is 16.9 Å². The number of hydrogen-bond donors (Lipinski definition) is 2. The minimum Gasteiger partial charge on any atom is -0.299 e. The summed E-state index contributed by atoms with van der Waals surface area (Å²) in [5.74, 6) is -0.0838. The largest absolute Gasteiger partial charge is 0.299 e. The van der Waals surface area contributed by atoms with E-state index in [0.717, 1.165) is 31.2 Å². The van der Waals surface area contributed by atoms with Gasteiger partial charge in [0.1, 0.15) is 5.78 Å². The topological polar surface area (TPSA) is 66.4 Å². The van der Waals surface area contributed by atoms with Crippen LogP contribution in [0.3, 0.4) is 0 Å². The monoisotopic (exact) mass is 279 g/mol. The molecule has 0 heterocycles. The molecule has 1 rings (SSSR count). The zero-order chi connectivity index (χ0) is 13.9. The number of benzene rings is 1. The average molecular weight is 279 g/mol. The maximum Gasteiger partial charge on any atom is 0.243 e. The molecule has 0 aliphatic heterocycles. The highest BCUT2D eigenvalue weighted by Gasteiger charge is 2.03. The van der Waals surface area contributed by atoms with Crippen LogP contribution in [-0.2, 0) is 16.0 Å². The van der Waals surface area contributed by atoms with E-state index in [2.05, 4.69) is 0 Å². The highest BCUT2D eigenvalue weighted by atomic mass is 16.5. The Balaban J connectivity index is 0.00000361. The number of hydroxylamine groups is 1. The lowest BCUT2D eigenvalue weighted by Gasteiger charge is -2.02. The summed E-state index contributed by atoms with van der Waals surface area (Å²) in [7, 11) is 0. The van der Waals surface area contributed by atoms with Crippen molar-refractivity contribution in [3.8, 4) is 0 Å². The molecule has 0 aromatic heterocycles. The number of rotatable bonds is 9. The third-order valence-corrected chi connectivity index (χ3v) is 2.98. The van der Waals surface area contributed by atoms with Crippen LogP contribution in [0.1, 0.15) is 51.5 Å². The summed E-state index contributed by atoms with van der Waals surface area (Å²) < 4.78 is 0. The zero-order valence-electron chi connectivity index (χ0n) is 11.1. The van der Waals surface area contributed by atoms with Crippen LogP contribution in [0, 0.1) is 0 Å². The molecular formula is C16H25NO3. The summed E-state index contributed by atoms with van der Waals surface area (Å²) in [6.07, 6.45) is 4.92. The first-order chi connectivity index (χ1) is 9.22. The van der Waals surface area contributed by atoms with Crippen molar-refractivity contribution < 1.29 is 14.8 Å². The Morgan fingerprint density at radius 2 is 1.55 bits per heavy atom. The summed E-state index contributed by atoms with van der Waals surface area (Å²) >= 11 is 0. The lowest BCUT2D eigenvalue weighted by Crippen LogP contribution is -2.17. The quantitative estimate of drug-likeness (QED) is 0.414. The molecule has 1 amide bonds. The molecule has 0 spiro atoms. The molecule has 1 aromatic rings. The highest BCUT2D eigenvalue weighted by Crippen LogP contribution is 2.08. The maximum absolute atomic E-state index is 11.7. The van der Waals surface area contributed by atoms with Gasteiger partial charge in [-0.15, -0.1) is 0 Å². The molecule has 112 valence electrons. The predicted molar refractivity (Wildman–Crippen MR) is 79.5 cm³/mol. The SMILES string of the molecule is C.O=C(CCCCCCC(=O)NO)Cc1ccccc1. The Kier molecular flexibility index (Phi) is 10.2. The molecular weight excluding hydrogens is 254 g/mol. The van der Waals surface area contributed by atoms with Crippen molar-refractivity contribution in [2.24, 2.45) is 0 Å². The van der Waals surface area contributed by atoms with Crippen LogP contribution in [0.15, 0.2) is 30.3 Å². The van der Waals surface area contributed by atoms with Crippen molar-refractivity contribution in [2.75, 3.05) is 0 Å². The number of ketones is 1. The number of hydrogen-bond acceptors (Lipinski definition) is 3. The molecule has 4 heteroatoms. The minimum atomic E-state index is -0.347. The van der Waals surface area contributed by atoms with Gasteiger partial charge >= 0.3 is 0 Å². The fourth-order valence-corrected chi connectivity index (χ4v) is 1.93. The molecule has 0 unspecified atom stereocenters. The number of nitrogens with one attached hydrogen (secondary N) is 1. The number of unbranched alkanes of at least 4 members (excludes halogenated alkanes) is 3. The van der Waals surface area contributed by atoms with Crippen LogP contribution in [0.25, 0.3) is 0 Å². The fourth-order valence-electron chi connectivity index (χ4n) is 1.93. The standard InChI is InChI=1S/C15H21NO3.CH4/c17-14(12-13-8-4-3-5-9-13)10-6-1-2-7-11-15(18)16-19;/h3-5,8-9,19H,1-2,6-7,10-12H2,(H,16,18);1H4. The average Bonchev–Trinajstić information content (AvgIpc) is 2.43. The van der Waals surface area contributed by atoms with Gasteiger partial charge in [-0.25, -0.2) is 5.48 Å². The lowest BCUT2D eigenvalue weighted by atomic mass is 10.0. The van der Waals surface area contributed by atoms with Crippen molar-refractivity contribution >= 4 is 11.7 Å². The van der Waals surface area contributed by atoms with Crippen molar-refractivity contribution in [2.45, 2.75) is 52.4 Å². The Hall–Kier alpha value is -1.68. The van der Waals surface area contributed by atoms with E-state index in [1.807, 2.05) is 30.3 Å². The van der Waals surface area contributed by atoms with Gasteiger partial charge in [-0.05, 0) is 18.4 Å². The summed E-state index contributed by atoms with van der Waals surface area (Å²) in [6, 6.07) is 9.75. The molecule has 0 saturated heterocycles. The van der Waals surface area contributed by atoms with E-state index in [1.54, 1.807) is 5.48 Å². The van der Waals surface area contributed by atoms with Crippen LogP contribution in [0.2, 0.25) is 0 Å². The molecule has 20 heavy (non-hydrogen) atoms. The Labute approximate surface area is 121 Å². The van der Waals surface area contributed by atoms with E-state index < -0.39 is 0 Å². The van der Waals surface area contributed by atoms with Crippen LogP contribution in [0.5, 0.6) is 0 Å². The van der Waals surface area contributed by atoms with E-state index in [4.69, 9.17) is 5.21 Å². The van der Waals surface area contributed by atoms with Gasteiger partial charge in [-0.1, -0.05) is 50.6 Å². The Bertz CT molecular complexity index is 390. The Morgan fingerprint density at radius 3 is 2.15 bits per heavy atom. The summed E-state index contributed by atoms with van der Waals surface area (Å²) in [6.45, 7) is 0. The Morgan fingerprint density at radius 1 is 0.950 bits per heavy atom. The van der Waals surface area contributed by atoms with Crippen molar-refractivity contribution in [1.29, 1.82) is 0 Å². The second kappa shape index (κ2) is 11.2. The summed E-state index contributed by atoms with van der Waals surface area (Å²) in [5, 5.41) is 8.31. The van der Waals surface area contributed by atoms with E-state index in [-0.39, 0.29) is 19.1 Å². The van der Waals surface area contributed by atoms with Crippen LogP contribution >= 0.6 is 0 Å². The van der Waals surface area contributed by atoms with E-state index in [0.29, 0.717) is 19.3 Å². The normalized spacial score (nSPS) is 9.65. The first-order valence-corrected chi connectivity index (χ1v) is 6.71. The predicted octanol–water partition coefficient (Wildman–Crippen LogP) is 3.28.